The molecule has 2 heterocycles. The number of hydrogen-bond donors (Lipinski definition) is 2. The normalized spacial score (nSPS) is 10.5. The van der Waals surface area contributed by atoms with Crippen molar-refractivity contribution >= 4 is 38.8 Å². The molecule has 3 N–H and O–H groups in total. The molecule has 2 aromatic rings. The van der Waals surface area contributed by atoms with Crippen LogP contribution in [0.25, 0.3) is 10.2 Å². The number of nitrogens with one attached hydrogen (secondary N) is 1. The Bertz CT molecular complexity index is 526. The van der Waals surface area contributed by atoms with E-state index < -0.39 is 0 Å². The Morgan fingerprint density at radius 1 is 1.62 bits per heavy atom. The molecule has 2 rings (SSSR count). The van der Waals surface area contributed by atoms with Crippen molar-refractivity contribution in [2.75, 3.05) is 0 Å². The van der Waals surface area contributed by atoms with E-state index in [4.69, 9.17) is 18.0 Å². The van der Waals surface area contributed by atoms with Gasteiger partial charge in [-0.25, -0.2) is 0 Å². The summed E-state index contributed by atoms with van der Waals surface area (Å²) in [6, 6.07) is 1.76. The van der Waals surface area contributed by atoms with E-state index in [0.717, 1.165) is 4.83 Å². The van der Waals surface area contributed by atoms with E-state index in [2.05, 4.69) is 4.98 Å². The molecule has 0 aliphatic heterocycles. The lowest BCUT2D eigenvalue weighted by molar-refractivity contribution is 1.40. The van der Waals surface area contributed by atoms with Crippen LogP contribution in [0.5, 0.6) is 0 Å². The van der Waals surface area contributed by atoms with Crippen LogP contribution in [0.1, 0.15) is 5.56 Å². The number of hydrogen-bond acceptors (Lipinski definition) is 3. The zero-order valence-electron chi connectivity index (χ0n) is 6.53. The molecule has 0 aromatic carbocycles. The lowest BCUT2D eigenvalue weighted by atomic mass is 10.2. The number of thiocarbonyl (C=S) groups is 1. The SMILES string of the molecule is NC(=S)c1c[nH]c2sccc2c1=O. The summed E-state index contributed by atoms with van der Waals surface area (Å²) < 4.78 is 0. The molecule has 5 heteroatoms. The molecule has 66 valence electrons. The molecular formula is C8H6N2OS2. The third-order valence-electron chi connectivity index (χ3n) is 1.77. The molecule has 0 saturated heterocycles. The summed E-state index contributed by atoms with van der Waals surface area (Å²) in [5.74, 6) is 0. The van der Waals surface area contributed by atoms with Gasteiger partial charge in [0.1, 0.15) is 9.82 Å². The Kier molecular flexibility index (Phi) is 1.90. The van der Waals surface area contributed by atoms with E-state index in [1.54, 1.807) is 12.3 Å². The molecule has 0 fully saturated rings. The smallest absolute Gasteiger partial charge is 0.200 e. The van der Waals surface area contributed by atoms with Crippen molar-refractivity contribution in [3.8, 4) is 0 Å². The Morgan fingerprint density at radius 2 is 2.38 bits per heavy atom. The van der Waals surface area contributed by atoms with Crippen molar-refractivity contribution in [1.29, 1.82) is 0 Å². The van der Waals surface area contributed by atoms with Crippen molar-refractivity contribution in [2.24, 2.45) is 5.73 Å². The summed E-state index contributed by atoms with van der Waals surface area (Å²) in [7, 11) is 0. The first-order valence-corrected chi connectivity index (χ1v) is 4.87. The van der Waals surface area contributed by atoms with Gasteiger partial charge in [0.15, 0.2) is 5.43 Å². The molecule has 0 aliphatic rings. The van der Waals surface area contributed by atoms with Crippen molar-refractivity contribution < 1.29 is 0 Å². The average Bonchev–Trinajstić information content (AvgIpc) is 2.52. The molecule has 0 amide bonds. The highest BCUT2D eigenvalue weighted by atomic mass is 32.1. The first kappa shape index (κ1) is 8.40. The van der Waals surface area contributed by atoms with Crippen molar-refractivity contribution in [3.05, 3.63) is 33.4 Å². The first-order valence-electron chi connectivity index (χ1n) is 3.59. The molecule has 0 bridgehead atoms. The number of fused-ring (bicyclic) bond motifs is 1. The predicted octanol–water partition coefficient (Wildman–Crippen LogP) is 1.22. The number of rotatable bonds is 1. The standard InChI is InChI=1S/C8H6N2OS2/c9-7(12)5-3-10-8-4(6(5)11)1-2-13-8/h1-3H,(H2,9,12)(H,10,11). The molecule has 0 radical (unpaired) electrons. The average molecular weight is 210 g/mol. The highest BCUT2D eigenvalue weighted by Crippen LogP contribution is 2.14. The van der Waals surface area contributed by atoms with E-state index in [1.807, 2.05) is 5.38 Å². The molecular weight excluding hydrogens is 204 g/mol. The van der Waals surface area contributed by atoms with Gasteiger partial charge in [0.2, 0.25) is 0 Å². The van der Waals surface area contributed by atoms with Crippen molar-refractivity contribution in [3.63, 3.8) is 0 Å². The maximum Gasteiger partial charge on any atom is 0.200 e. The topological polar surface area (TPSA) is 58.9 Å². The van der Waals surface area contributed by atoms with E-state index in [9.17, 15) is 4.79 Å². The summed E-state index contributed by atoms with van der Waals surface area (Å²) >= 11 is 6.23. The van der Waals surface area contributed by atoms with E-state index in [0.29, 0.717) is 10.9 Å². The number of pyridine rings is 1. The maximum atomic E-state index is 11.7. The molecule has 0 unspecified atom stereocenters. The van der Waals surface area contributed by atoms with E-state index in [1.165, 1.54) is 11.3 Å². The number of nitrogens with two attached hydrogens (primary N) is 1. The second kappa shape index (κ2) is 2.93. The van der Waals surface area contributed by atoms with Crippen LogP contribution in [0, 0.1) is 0 Å². The van der Waals surface area contributed by atoms with Gasteiger partial charge in [0, 0.05) is 6.20 Å². The van der Waals surface area contributed by atoms with Gasteiger partial charge in [-0.1, -0.05) is 12.2 Å². The van der Waals surface area contributed by atoms with Crippen LogP contribution in [-0.2, 0) is 0 Å². The van der Waals surface area contributed by atoms with Crippen LogP contribution in [0.15, 0.2) is 22.4 Å². The minimum absolute atomic E-state index is 0.0949. The molecule has 0 atom stereocenters. The number of thiophene rings is 1. The number of H-pyrrole nitrogens is 1. The molecule has 0 saturated carbocycles. The lowest BCUT2D eigenvalue weighted by Gasteiger charge is -1.96. The van der Waals surface area contributed by atoms with Crippen LogP contribution in [0.3, 0.4) is 0 Å². The quantitative estimate of drug-likeness (QED) is 0.696. The summed E-state index contributed by atoms with van der Waals surface area (Å²) in [5, 5.41) is 2.50. The molecule has 13 heavy (non-hydrogen) atoms. The van der Waals surface area contributed by atoms with Crippen LogP contribution in [-0.4, -0.2) is 9.97 Å². The second-order valence-corrected chi connectivity index (χ2v) is 3.92. The Balaban J connectivity index is 2.89. The van der Waals surface area contributed by atoms with Crippen LogP contribution >= 0.6 is 23.6 Å². The zero-order valence-corrected chi connectivity index (χ0v) is 8.17. The Hall–Kier alpha value is -1.20. The minimum Gasteiger partial charge on any atom is -0.389 e. The van der Waals surface area contributed by atoms with Gasteiger partial charge < -0.3 is 10.7 Å². The fourth-order valence-electron chi connectivity index (χ4n) is 1.13. The lowest BCUT2D eigenvalue weighted by Crippen LogP contribution is -2.20. The van der Waals surface area contributed by atoms with E-state index >= 15 is 0 Å². The molecule has 0 spiro atoms. The Morgan fingerprint density at radius 3 is 3.08 bits per heavy atom. The number of aromatic nitrogens is 1. The largest absolute Gasteiger partial charge is 0.389 e. The highest BCUT2D eigenvalue weighted by molar-refractivity contribution is 7.80. The summed E-state index contributed by atoms with van der Waals surface area (Å²) in [6.45, 7) is 0. The first-order chi connectivity index (χ1) is 6.20. The molecule has 3 nitrogen and oxygen atoms in total. The fraction of sp³-hybridized carbons (Fsp3) is 0. The summed E-state index contributed by atoms with van der Waals surface area (Å²) in [4.78, 5) is 15.6. The van der Waals surface area contributed by atoms with Crippen LogP contribution in [0.2, 0.25) is 0 Å². The van der Waals surface area contributed by atoms with Gasteiger partial charge in [-0.2, -0.15) is 0 Å². The van der Waals surface area contributed by atoms with Gasteiger partial charge in [-0.3, -0.25) is 4.79 Å². The van der Waals surface area contributed by atoms with Gasteiger partial charge in [-0.05, 0) is 11.4 Å². The predicted molar refractivity (Wildman–Crippen MR) is 58.3 cm³/mol. The number of aromatic amines is 1. The third-order valence-corrected chi connectivity index (χ3v) is 2.83. The Labute approximate surface area is 83.2 Å². The van der Waals surface area contributed by atoms with Gasteiger partial charge in [0.25, 0.3) is 0 Å². The minimum atomic E-state index is -0.0949. The van der Waals surface area contributed by atoms with Crippen molar-refractivity contribution in [2.45, 2.75) is 0 Å². The molecule has 0 aliphatic carbocycles. The molecule has 2 aromatic heterocycles. The zero-order chi connectivity index (χ0) is 9.42. The second-order valence-electron chi connectivity index (χ2n) is 2.56. The van der Waals surface area contributed by atoms with Gasteiger partial charge >= 0.3 is 0 Å². The fourth-order valence-corrected chi connectivity index (χ4v) is 2.04. The monoisotopic (exact) mass is 210 g/mol. The van der Waals surface area contributed by atoms with Crippen LogP contribution < -0.4 is 11.2 Å². The third kappa shape index (κ3) is 1.26. The maximum absolute atomic E-state index is 11.7. The van der Waals surface area contributed by atoms with Gasteiger partial charge in [0.05, 0.1) is 10.9 Å². The van der Waals surface area contributed by atoms with E-state index in [-0.39, 0.29) is 10.4 Å². The highest BCUT2D eigenvalue weighted by Gasteiger charge is 2.06. The van der Waals surface area contributed by atoms with Crippen molar-refractivity contribution in [1.82, 2.24) is 4.98 Å². The van der Waals surface area contributed by atoms with Gasteiger partial charge in [-0.15, -0.1) is 11.3 Å². The summed E-state index contributed by atoms with van der Waals surface area (Å²) in [6.07, 6.45) is 1.56. The summed E-state index contributed by atoms with van der Waals surface area (Å²) in [5.41, 5.74) is 5.67. The van der Waals surface area contributed by atoms with Crippen LogP contribution in [0.4, 0.5) is 0 Å².